The van der Waals surface area contributed by atoms with E-state index in [0.717, 1.165) is 12.8 Å². The molecule has 0 amide bonds. The van der Waals surface area contributed by atoms with Crippen LogP contribution in [0.15, 0.2) is 18.5 Å². The Bertz CT molecular complexity index is 446. The lowest BCUT2D eigenvalue weighted by Gasteiger charge is -2.08. The van der Waals surface area contributed by atoms with Crippen molar-refractivity contribution in [2.24, 2.45) is 0 Å². The molecule has 5 nitrogen and oxygen atoms in total. The summed E-state index contributed by atoms with van der Waals surface area (Å²) in [7, 11) is -3.33. The van der Waals surface area contributed by atoms with Crippen molar-refractivity contribution in [2.75, 3.05) is 6.54 Å². The standard InChI is InChI=1S/C11H18N2O3S/c1-2-3-5-13-17(15,16)9-10-4-6-12-7-11(10)8-14/h4,6-7,13-14H,2-3,5,8-9H2,1H3. The van der Waals surface area contributed by atoms with Crippen molar-refractivity contribution in [1.29, 1.82) is 0 Å². The summed E-state index contributed by atoms with van der Waals surface area (Å²) in [5.74, 6) is -0.116. The first-order valence-electron chi connectivity index (χ1n) is 5.59. The zero-order chi connectivity index (χ0) is 12.7. The predicted molar refractivity (Wildman–Crippen MR) is 65.7 cm³/mol. The number of nitrogens with one attached hydrogen (secondary N) is 1. The highest BCUT2D eigenvalue weighted by atomic mass is 32.2. The maximum atomic E-state index is 11.7. The van der Waals surface area contributed by atoms with Gasteiger partial charge in [0.2, 0.25) is 10.0 Å². The molecule has 2 N–H and O–H groups in total. The van der Waals surface area contributed by atoms with E-state index in [-0.39, 0.29) is 12.4 Å². The summed E-state index contributed by atoms with van der Waals surface area (Å²) >= 11 is 0. The minimum absolute atomic E-state index is 0.116. The third-order valence-corrected chi connectivity index (χ3v) is 3.71. The van der Waals surface area contributed by atoms with Gasteiger partial charge in [-0.1, -0.05) is 13.3 Å². The molecule has 96 valence electrons. The van der Waals surface area contributed by atoms with Gasteiger partial charge in [0.15, 0.2) is 0 Å². The van der Waals surface area contributed by atoms with Crippen LogP contribution in [0.3, 0.4) is 0 Å². The summed E-state index contributed by atoms with van der Waals surface area (Å²) in [5, 5.41) is 9.07. The minimum atomic E-state index is -3.33. The van der Waals surface area contributed by atoms with Crippen molar-refractivity contribution in [3.63, 3.8) is 0 Å². The molecule has 0 spiro atoms. The molecule has 6 heteroatoms. The fourth-order valence-corrected chi connectivity index (χ4v) is 2.65. The highest BCUT2D eigenvalue weighted by Crippen LogP contribution is 2.10. The molecule has 0 aliphatic rings. The lowest BCUT2D eigenvalue weighted by atomic mass is 10.2. The molecule has 0 aromatic carbocycles. The maximum absolute atomic E-state index is 11.7. The number of hydrogen-bond donors (Lipinski definition) is 2. The molecule has 1 heterocycles. The van der Waals surface area contributed by atoms with Gasteiger partial charge in [0.1, 0.15) is 0 Å². The van der Waals surface area contributed by atoms with Gasteiger partial charge >= 0.3 is 0 Å². The van der Waals surface area contributed by atoms with Crippen LogP contribution in [0.25, 0.3) is 0 Å². The van der Waals surface area contributed by atoms with Gasteiger partial charge in [-0.15, -0.1) is 0 Å². The van der Waals surface area contributed by atoms with Gasteiger partial charge in [0.05, 0.1) is 12.4 Å². The molecule has 0 radical (unpaired) electrons. The number of sulfonamides is 1. The Morgan fingerprint density at radius 1 is 1.41 bits per heavy atom. The average Bonchev–Trinajstić information content (AvgIpc) is 2.29. The summed E-state index contributed by atoms with van der Waals surface area (Å²) < 4.78 is 26.0. The lowest BCUT2D eigenvalue weighted by Crippen LogP contribution is -2.26. The average molecular weight is 258 g/mol. The molecule has 0 atom stereocenters. The normalized spacial score (nSPS) is 11.6. The van der Waals surface area contributed by atoms with Gasteiger partial charge in [-0.3, -0.25) is 4.98 Å². The van der Waals surface area contributed by atoms with Crippen LogP contribution in [-0.2, 0) is 22.4 Å². The largest absolute Gasteiger partial charge is 0.392 e. The predicted octanol–water partition coefficient (Wildman–Crippen LogP) is 0.793. The van der Waals surface area contributed by atoms with Crippen molar-refractivity contribution >= 4 is 10.0 Å². The second-order valence-corrected chi connectivity index (χ2v) is 5.62. The van der Waals surface area contributed by atoms with E-state index < -0.39 is 10.0 Å². The molecule has 1 rings (SSSR count). The molecular weight excluding hydrogens is 240 g/mol. The minimum Gasteiger partial charge on any atom is -0.392 e. The second kappa shape index (κ2) is 6.68. The molecular formula is C11H18N2O3S. The first-order valence-corrected chi connectivity index (χ1v) is 7.24. The van der Waals surface area contributed by atoms with Gasteiger partial charge in [-0.25, -0.2) is 13.1 Å². The van der Waals surface area contributed by atoms with E-state index in [0.29, 0.717) is 17.7 Å². The number of unbranched alkanes of at least 4 members (excludes halogenated alkanes) is 1. The van der Waals surface area contributed by atoms with Crippen LogP contribution in [0.2, 0.25) is 0 Å². The summed E-state index contributed by atoms with van der Waals surface area (Å²) in [4.78, 5) is 3.85. The number of hydrogen-bond acceptors (Lipinski definition) is 4. The first kappa shape index (κ1) is 14.1. The van der Waals surface area contributed by atoms with Gasteiger partial charge in [0.25, 0.3) is 0 Å². The molecule has 0 saturated heterocycles. The van der Waals surface area contributed by atoms with E-state index in [1.54, 1.807) is 6.07 Å². The van der Waals surface area contributed by atoms with Crippen LogP contribution in [0.1, 0.15) is 30.9 Å². The van der Waals surface area contributed by atoms with Gasteiger partial charge < -0.3 is 5.11 Å². The Kier molecular flexibility index (Phi) is 5.54. The zero-order valence-electron chi connectivity index (χ0n) is 9.89. The van der Waals surface area contributed by atoms with E-state index in [2.05, 4.69) is 9.71 Å². The van der Waals surface area contributed by atoms with Crippen LogP contribution >= 0.6 is 0 Å². The topological polar surface area (TPSA) is 79.3 Å². The molecule has 0 bridgehead atoms. The third kappa shape index (κ3) is 4.80. The van der Waals surface area contributed by atoms with Crippen molar-refractivity contribution < 1.29 is 13.5 Å². The van der Waals surface area contributed by atoms with Crippen LogP contribution in [0.5, 0.6) is 0 Å². The van der Waals surface area contributed by atoms with E-state index in [4.69, 9.17) is 5.11 Å². The van der Waals surface area contributed by atoms with Crippen molar-refractivity contribution in [2.45, 2.75) is 32.1 Å². The fourth-order valence-electron chi connectivity index (χ4n) is 1.40. The van der Waals surface area contributed by atoms with E-state index in [9.17, 15) is 8.42 Å². The summed E-state index contributed by atoms with van der Waals surface area (Å²) in [6.45, 7) is 2.26. The number of aromatic nitrogens is 1. The highest BCUT2D eigenvalue weighted by molar-refractivity contribution is 7.88. The summed E-state index contributed by atoms with van der Waals surface area (Å²) in [6.07, 6.45) is 4.77. The van der Waals surface area contributed by atoms with Gasteiger partial charge in [0, 0.05) is 24.5 Å². The molecule has 1 aromatic heterocycles. The molecule has 1 aromatic rings. The van der Waals surface area contributed by atoms with E-state index >= 15 is 0 Å². The number of aliphatic hydroxyl groups is 1. The van der Waals surface area contributed by atoms with Crippen LogP contribution < -0.4 is 4.72 Å². The Labute approximate surface area is 102 Å². The Morgan fingerprint density at radius 3 is 2.82 bits per heavy atom. The van der Waals surface area contributed by atoms with E-state index in [1.807, 2.05) is 6.92 Å². The number of pyridine rings is 1. The second-order valence-electron chi connectivity index (χ2n) is 3.81. The van der Waals surface area contributed by atoms with Crippen LogP contribution in [-0.4, -0.2) is 25.1 Å². The first-order chi connectivity index (χ1) is 8.09. The maximum Gasteiger partial charge on any atom is 0.215 e. The molecule has 0 aliphatic carbocycles. The quantitative estimate of drug-likeness (QED) is 0.709. The van der Waals surface area contributed by atoms with Crippen LogP contribution in [0.4, 0.5) is 0 Å². The Hall–Kier alpha value is -0.980. The smallest absolute Gasteiger partial charge is 0.215 e. The number of aliphatic hydroxyl groups excluding tert-OH is 1. The SMILES string of the molecule is CCCCNS(=O)(=O)Cc1ccncc1CO. The molecule has 0 aliphatic heterocycles. The molecule has 0 fully saturated rings. The molecule has 0 saturated carbocycles. The molecule has 0 unspecified atom stereocenters. The zero-order valence-corrected chi connectivity index (χ0v) is 10.7. The molecule has 17 heavy (non-hydrogen) atoms. The fraction of sp³-hybridized carbons (Fsp3) is 0.545. The monoisotopic (exact) mass is 258 g/mol. The number of nitrogens with zero attached hydrogens (tertiary/aromatic N) is 1. The summed E-state index contributed by atoms with van der Waals surface area (Å²) in [6, 6.07) is 1.62. The van der Waals surface area contributed by atoms with Crippen LogP contribution in [0, 0.1) is 0 Å². The van der Waals surface area contributed by atoms with Crippen molar-refractivity contribution in [1.82, 2.24) is 9.71 Å². The van der Waals surface area contributed by atoms with E-state index in [1.165, 1.54) is 12.4 Å². The third-order valence-electron chi connectivity index (χ3n) is 2.37. The highest BCUT2D eigenvalue weighted by Gasteiger charge is 2.13. The van der Waals surface area contributed by atoms with Crippen molar-refractivity contribution in [3.05, 3.63) is 29.6 Å². The van der Waals surface area contributed by atoms with Crippen molar-refractivity contribution in [3.8, 4) is 0 Å². The summed E-state index contributed by atoms with van der Waals surface area (Å²) in [5.41, 5.74) is 1.14. The Balaban J connectivity index is 2.69. The number of rotatable bonds is 7. The Morgan fingerprint density at radius 2 is 2.18 bits per heavy atom. The van der Waals surface area contributed by atoms with Gasteiger partial charge in [-0.2, -0.15) is 0 Å². The lowest BCUT2D eigenvalue weighted by molar-refractivity contribution is 0.280. The van der Waals surface area contributed by atoms with Gasteiger partial charge in [-0.05, 0) is 18.1 Å².